The number of fused-ring (bicyclic) bond motifs is 3. The van der Waals surface area contributed by atoms with Crippen LogP contribution in [0.25, 0.3) is 27.1 Å². The van der Waals surface area contributed by atoms with E-state index < -0.39 is 0 Å². The molecule has 4 nitrogen and oxygen atoms in total. The highest BCUT2D eigenvalue weighted by Gasteiger charge is 2.20. The van der Waals surface area contributed by atoms with Gasteiger partial charge < -0.3 is 5.73 Å². The molecule has 0 saturated carbocycles. The molecular weight excluding hydrogens is 280 g/mol. The van der Waals surface area contributed by atoms with Gasteiger partial charge in [-0.1, -0.05) is 18.2 Å². The van der Waals surface area contributed by atoms with Gasteiger partial charge in [-0.15, -0.1) is 11.3 Å². The summed E-state index contributed by atoms with van der Waals surface area (Å²) in [4.78, 5) is 4.39. The van der Waals surface area contributed by atoms with E-state index in [1.54, 1.807) is 11.3 Å². The quantitative estimate of drug-likeness (QED) is 0.529. The van der Waals surface area contributed by atoms with Crippen LogP contribution in [0.4, 0.5) is 5.82 Å². The molecule has 4 rings (SSSR count). The van der Waals surface area contributed by atoms with Crippen molar-refractivity contribution in [1.82, 2.24) is 4.98 Å². The second-order valence-corrected chi connectivity index (χ2v) is 5.72. The van der Waals surface area contributed by atoms with Crippen molar-refractivity contribution in [3.63, 3.8) is 0 Å². The number of nitrogens with two attached hydrogens (primary N) is 1. The first-order valence-electron chi connectivity index (χ1n) is 6.48. The standard InChI is InChI=1S/C16H10N4S/c17-9-11-10(14-6-3-7-21-14)8-15-19-12-4-1-2-5-13(12)20(15)16(11)18/h1-8H,(H2,18,19)/p+1. The van der Waals surface area contributed by atoms with Crippen LogP contribution < -0.4 is 10.1 Å². The molecule has 0 aliphatic heterocycles. The molecule has 5 heteroatoms. The summed E-state index contributed by atoms with van der Waals surface area (Å²) in [5, 5.41) is 11.5. The Morgan fingerprint density at radius 2 is 2.05 bits per heavy atom. The van der Waals surface area contributed by atoms with Crippen LogP contribution in [-0.4, -0.2) is 4.98 Å². The molecule has 4 aromatic rings. The van der Waals surface area contributed by atoms with E-state index in [4.69, 9.17) is 5.73 Å². The van der Waals surface area contributed by atoms with E-state index in [0.29, 0.717) is 11.4 Å². The van der Waals surface area contributed by atoms with Crippen LogP contribution in [-0.2, 0) is 0 Å². The van der Waals surface area contributed by atoms with Gasteiger partial charge in [0, 0.05) is 16.5 Å². The average molecular weight is 291 g/mol. The maximum Gasteiger partial charge on any atom is 0.243 e. The van der Waals surface area contributed by atoms with E-state index in [9.17, 15) is 5.26 Å². The second kappa shape index (κ2) is 4.33. The van der Waals surface area contributed by atoms with Crippen LogP contribution in [0.3, 0.4) is 0 Å². The van der Waals surface area contributed by atoms with Crippen LogP contribution in [0.1, 0.15) is 5.56 Å². The summed E-state index contributed by atoms with van der Waals surface area (Å²) in [6.07, 6.45) is 0. The van der Waals surface area contributed by atoms with Gasteiger partial charge in [-0.05, 0) is 23.6 Å². The number of anilines is 1. The fourth-order valence-electron chi connectivity index (χ4n) is 2.66. The summed E-state index contributed by atoms with van der Waals surface area (Å²) in [5.41, 5.74) is 10.5. The number of nitrogens with zero attached hydrogens (tertiary/aromatic N) is 2. The number of hydrogen-bond donors (Lipinski definition) is 2. The Morgan fingerprint density at radius 3 is 2.81 bits per heavy atom. The van der Waals surface area contributed by atoms with Crippen LogP contribution in [0.5, 0.6) is 0 Å². The van der Waals surface area contributed by atoms with Gasteiger partial charge in [0.1, 0.15) is 22.7 Å². The molecule has 0 aliphatic carbocycles. The lowest BCUT2D eigenvalue weighted by atomic mass is 10.1. The first-order valence-corrected chi connectivity index (χ1v) is 7.36. The van der Waals surface area contributed by atoms with E-state index in [1.165, 1.54) is 0 Å². The molecule has 3 heterocycles. The van der Waals surface area contributed by atoms with Crippen molar-refractivity contribution in [1.29, 1.82) is 5.26 Å². The van der Waals surface area contributed by atoms with Gasteiger partial charge in [-0.3, -0.25) is 4.98 Å². The Hall–Kier alpha value is -2.84. The van der Waals surface area contributed by atoms with Gasteiger partial charge in [0.05, 0.1) is 0 Å². The Kier molecular flexibility index (Phi) is 2.46. The van der Waals surface area contributed by atoms with Crippen molar-refractivity contribution in [2.75, 3.05) is 5.73 Å². The first-order chi connectivity index (χ1) is 10.3. The number of H-pyrrole nitrogens is 1. The first kappa shape index (κ1) is 11.9. The smallest absolute Gasteiger partial charge is 0.243 e. The summed E-state index contributed by atoms with van der Waals surface area (Å²) in [6, 6.07) is 16.1. The van der Waals surface area contributed by atoms with Crippen molar-refractivity contribution < 1.29 is 4.40 Å². The van der Waals surface area contributed by atoms with Crippen LogP contribution in [0, 0.1) is 11.3 Å². The van der Waals surface area contributed by atoms with Crippen molar-refractivity contribution in [2.24, 2.45) is 0 Å². The lowest BCUT2D eigenvalue weighted by molar-refractivity contribution is -0.464. The van der Waals surface area contributed by atoms with E-state index in [0.717, 1.165) is 27.1 Å². The molecule has 0 radical (unpaired) electrons. The monoisotopic (exact) mass is 291 g/mol. The average Bonchev–Trinajstić information content (AvgIpc) is 3.14. The lowest BCUT2D eigenvalue weighted by Gasteiger charge is -2.03. The Morgan fingerprint density at radius 1 is 1.19 bits per heavy atom. The molecule has 0 saturated heterocycles. The molecule has 100 valence electrons. The van der Waals surface area contributed by atoms with Crippen LogP contribution >= 0.6 is 11.3 Å². The van der Waals surface area contributed by atoms with Crippen molar-refractivity contribution in [3.8, 4) is 16.5 Å². The highest BCUT2D eigenvalue weighted by molar-refractivity contribution is 7.13. The van der Waals surface area contributed by atoms with Crippen molar-refractivity contribution >= 4 is 33.8 Å². The predicted molar refractivity (Wildman–Crippen MR) is 83.9 cm³/mol. The summed E-state index contributed by atoms with van der Waals surface area (Å²) < 4.78 is 1.89. The van der Waals surface area contributed by atoms with Gasteiger partial charge >= 0.3 is 0 Å². The minimum atomic E-state index is 0.468. The number of thiophene rings is 1. The number of rotatable bonds is 1. The van der Waals surface area contributed by atoms with Gasteiger partial charge in [-0.2, -0.15) is 9.66 Å². The summed E-state index contributed by atoms with van der Waals surface area (Å²) in [5.74, 6) is 0.468. The van der Waals surface area contributed by atoms with Gasteiger partial charge in [0.25, 0.3) is 0 Å². The highest BCUT2D eigenvalue weighted by Crippen LogP contribution is 2.31. The van der Waals surface area contributed by atoms with Gasteiger partial charge in [0.15, 0.2) is 0 Å². The number of aromatic amines is 1. The second-order valence-electron chi connectivity index (χ2n) is 4.77. The fraction of sp³-hybridized carbons (Fsp3) is 0. The molecule has 0 aliphatic rings. The van der Waals surface area contributed by atoms with E-state index in [2.05, 4.69) is 11.1 Å². The number of aromatic nitrogens is 2. The fourth-order valence-corrected chi connectivity index (χ4v) is 3.41. The minimum Gasteiger partial charge on any atom is -0.317 e. The molecule has 0 amide bonds. The van der Waals surface area contributed by atoms with E-state index in [-0.39, 0.29) is 0 Å². The highest BCUT2D eigenvalue weighted by atomic mass is 32.1. The maximum atomic E-state index is 9.52. The van der Waals surface area contributed by atoms with Crippen molar-refractivity contribution in [2.45, 2.75) is 0 Å². The Balaban J connectivity index is 2.19. The normalized spacial score (nSPS) is 11.0. The number of para-hydroxylation sites is 2. The molecule has 3 N–H and O–H groups in total. The van der Waals surface area contributed by atoms with Gasteiger partial charge in [0.2, 0.25) is 11.5 Å². The molecule has 21 heavy (non-hydrogen) atoms. The SMILES string of the molecule is N#Cc1c(-c2cccs2)cc2[nH]c3ccccc3[n+]2c1N. The van der Waals surface area contributed by atoms with E-state index in [1.807, 2.05) is 52.2 Å². The number of nitriles is 1. The zero-order valence-corrected chi connectivity index (χ0v) is 11.8. The maximum absolute atomic E-state index is 9.52. The Bertz CT molecular complexity index is 1010. The Labute approximate surface area is 124 Å². The van der Waals surface area contributed by atoms with Crippen LogP contribution in [0.2, 0.25) is 0 Å². The minimum absolute atomic E-state index is 0.468. The summed E-state index contributed by atoms with van der Waals surface area (Å²) >= 11 is 1.60. The number of imidazole rings is 1. The summed E-state index contributed by atoms with van der Waals surface area (Å²) in [7, 11) is 0. The zero-order valence-electron chi connectivity index (χ0n) is 11.0. The lowest BCUT2D eigenvalue weighted by Crippen LogP contribution is -2.26. The number of nitrogens with one attached hydrogen (secondary N) is 1. The molecule has 0 fully saturated rings. The molecule has 0 unspecified atom stereocenters. The number of pyridine rings is 1. The third-order valence-corrected chi connectivity index (χ3v) is 4.50. The van der Waals surface area contributed by atoms with Gasteiger partial charge in [-0.25, -0.2) is 0 Å². The number of hydrogen-bond acceptors (Lipinski definition) is 3. The number of nitrogen functional groups attached to an aromatic ring is 1. The largest absolute Gasteiger partial charge is 0.317 e. The summed E-state index contributed by atoms with van der Waals surface area (Å²) in [6.45, 7) is 0. The zero-order chi connectivity index (χ0) is 14.4. The van der Waals surface area contributed by atoms with Crippen molar-refractivity contribution in [3.05, 3.63) is 53.4 Å². The predicted octanol–water partition coefficient (Wildman–Crippen LogP) is 3.09. The third kappa shape index (κ3) is 1.63. The van der Waals surface area contributed by atoms with Crippen LogP contribution in [0.15, 0.2) is 47.8 Å². The molecule has 1 aromatic carbocycles. The molecule has 0 atom stereocenters. The molecular formula is C16H11N4S+. The number of benzene rings is 1. The topological polar surface area (TPSA) is 69.7 Å². The third-order valence-electron chi connectivity index (χ3n) is 3.59. The molecule has 3 aromatic heterocycles. The molecule has 0 bridgehead atoms. The molecule has 0 spiro atoms. The van der Waals surface area contributed by atoms with E-state index >= 15 is 0 Å².